The van der Waals surface area contributed by atoms with E-state index >= 15 is 0 Å². The Balaban J connectivity index is 3.92. The normalized spacial score (nSPS) is 19.0. The first-order valence-electron chi connectivity index (χ1n) is 18.6. The smallest absolute Gasteiger partial charge is 0.0781 e. The average molecular weight is 713 g/mol. The highest BCUT2D eigenvalue weighted by Crippen LogP contribution is 2.07. The number of aliphatic hydroxyl groups excluding tert-OH is 1. The minimum Gasteiger partial charge on any atom is -0.394 e. The van der Waals surface area contributed by atoms with Crippen LogP contribution in [0.3, 0.4) is 0 Å². The highest BCUT2D eigenvalue weighted by atomic mass is 16.6. The molecule has 11 atom stereocenters. The van der Waals surface area contributed by atoms with Crippen LogP contribution in [0.4, 0.5) is 0 Å². The van der Waals surface area contributed by atoms with Crippen LogP contribution in [0.5, 0.6) is 0 Å². The van der Waals surface area contributed by atoms with Gasteiger partial charge in [-0.25, -0.2) is 0 Å². The van der Waals surface area contributed by atoms with Crippen molar-refractivity contribution in [2.24, 2.45) is 0 Å². The molecule has 0 aliphatic rings. The molecule has 1 N–H and O–H groups in total. The van der Waals surface area contributed by atoms with Gasteiger partial charge in [0, 0.05) is 6.61 Å². The van der Waals surface area contributed by atoms with Crippen LogP contribution in [0, 0.1) is 0 Å². The highest BCUT2D eigenvalue weighted by Gasteiger charge is 2.16. The van der Waals surface area contributed by atoms with Gasteiger partial charge in [0.25, 0.3) is 0 Å². The second kappa shape index (κ2) is 31.1. The maximum atomic E-state index is 9.04. The third-order valence-electron chi connectivity index (χ3n) is 7.31. The maximum absolute atomic E-state index is 9.04. The van der Waals surface area contributed by atoms with E-state index in [1.807, 2.05) is 76.2 Å². The lowest BCUT2D eigenvalue weighted by Crippen LogP contribution is -2.31. The van der Waals surface area contributed by atoms with E-state index in [0.29, 0.717) is 66.1 Å². The van der Waals surface area contributed by atoms with Crippen LogP contribution in [0.25, 0.3) is 0 Å². The molecule has 12 heteroatoms. The summed E-state index contributed by atoms with van der Waals surface area (Å²) >= 11 is 0. The van der Waals surface area contributed by atoms with E-state index in [0.717, 1.165) is 19.4 Å². The third kappa shape index (κ3) is 30.8. The van der Waals surface area contributed by atoms with Crippen molar-refractivity contribution >= 4 is 0 Å². The Morgan fingerprint density at radius 2 is 0.490 bits per heavy atom. The largest absolute Gasteiger partial charge is 0.394 e. The lowest BCUT2D eigenvalue weighted by atomic mass is 10.3. The molecule has 0 radical (unpaired) electrons. The van der Waals surface area contributed by atoms with Crippen molar-refractivity contribution in [3.8, 4) is 0 Å². The van der Waals surface area contributed by atoms with Gasteiger partial charge in [-0.2, -0.15) is 0 Å². The fraction of sp³-hybridized carbons (Fsp3) is 1.00. The summed E-state index contributed by atoms with van der Waals surface area (Å²) < 4.78 is 64.2. The molecule has 0 rings (SSSR count). The zero-order valence-electron chi connectivity index (χ0n) is 33.2. The summed E-state index contributed by atoms with van der Waals surface area (Å²) in [5.41, 5.74) is 0. The molecule has 0 bridgehead atoms. The van der Waals surface area contributed by atoms with Gasteiger partial charge in [0.15, 0.2) is 0 Å². The van der Waals surface area contributed by atoms with E-state index in [4.69, 9.17) is 57.2 Å². The van der Waals surface area contributed by atoms with Crippen molar-refractivity contribution in [3.05, 3.63) is 0 Å². The maximum Gasteiger partial charge on any atom is 0.0781 e. The predicted octanol–water partition coefficient (Wildman–Crippen LogP) is 5.23. The van der Waals surface area contributed by atoms with Crippen LogP contribution in [0.1, 0.15) is 95.9 Å². The van der Waals surface area contributed by atoms with E-state index in [2.05, 4.69) is 6.92 Å². The van der Waals surface area contributed by atoms with Gasteiger partial charge in [0.1, 0.15) is 0 Å². The van der Waals surface area contributed by atoms with Gasteiger partial charge in [-0.1, -0.05) is 13.3 Å². The van der Waals surface area contributed by atoms with Crippen LogP contribution in [0.15, 0.2) is 0 Å². The molecule has 11 unspecified atom stereocenters. The van der Waals surface area contributed by atoms with Crippen molar-refractivity contribution in [1.29, 1.82) is 0 Å². The lowest BCUT2D eigenvalue weighted by Gasteiger charge is -2.23. The quantitative estimate of drug-likeness (QED) is 0.0866. The minimum atomic E-state index is -0.193. The summed E-state index contributed by atoms with van der Waals surface area (Å²) in [4.78, 5) is 0. The van der Waals surface area contributed by atoms with Gasteiger partial charge in [-0.3, -0.25) is 0 Å². The first-order chi connectivity index (χ1) is 23.2. The van der Waals surface area contributed by atoms with Crippen molar-refractivity contribution in [2.45, 2.75) is 163 Å². The number of aliphatic hydroxyl groups is 1. The first kappa shape index (κ1) is 48.5. The topological polar surface area (TPSA) is 122 Å². The van der Waals surface area contributed by atoms with E-state index in [9.17, 15) is 0 Å². The van der Waals surface area contributed by atoms with Gasteiger partial charge < -0.3 is 57.2 Å². The molecule has 0 aromatic heterocycles. The summed E-state index contributed by atoms with van der Waals surface area (Å²) in [7, 11) is 0. The fourth-order valence-electron chi connectivity index (χ4n) is 3.96. The molecule has 0 aliphatic carbocycles. The second-order valence-corrected chi connectivity index (χ2v) is 13.7. The molecule has 0 saturated heterocycles. The Bertz CT molecular complexity index is 719. The highest BCUT2D eigenvalue weighted by molar-refractivity contribution is 4.61. The summed E-state index contributed by atoms with van der Waals surface area (Å²) in [5.74, 6) is 0. The van der Waals surface area contributed by atoms with Crippen LogP contribution in [-0.2, 0) is 52.1 Å². The van der Waals surface area contributed by atoms with Crippen molar-refractivity contribution in [3.63, 3.8) is 0 Å². The summed E-state index contributed by atoms with van der Waals surface area (Å²) in [6.07, 6.45) is 1.51. The Labute approximate surface area is 299 Å². The summed E-state index contributed by atoms with van der Waals surface area (Å²) in [6.45, 7) is 29.4. The van der Waals surface area contributed by atoms with Gasteiger partial charge in [0.05, 0.1) is 140 Å². The molecule has 12 nitrogen and oxygen atoms in total. The molecule has 0 amide bonds. The van der Waals surface area contributed by atoms with E-state index in [1.165, 1.54) is 0 Å². The van der Waals surface area contributed by atoms with Gasteiger partial charge >= 0.3 is 0 Å². The molecule has 0 aliphatic heterocycles. The van der Waals surface area contributed by atoms with Crippen LogP contribution < -0.4 is 0 Å². The second-order valence-electron chi connectivity index (χ2n) is 13.7. The van der Waals surface area contributed by atoms with Gasteiger partial charge in [-0.15, -0.1) is 0 Å². The molecule has 0 aromatic rings. The third-order valence-corrected chi connectivity index (χ3v) is 7.31. The van der Waals surface area contributed by atoms with Gasteiger partial charge in [0.2, 0.25) is 0 Å². The lowest BCUT2D eigenvalue weighted by molar-refractivity contribution is -0.113. The predicted molar refractivity (Wildman–Crippen MR) is 192 cm³/mol. The molecule has 0 saturated carbocycles. The first-order valence-corrected chi connectivity index (χ1v) is 18.6. The molecule has 0 spiro atoms. The fourth-order valence-corrected chi connectivity index (χ4v) is 3.96. The minimum absolute atomic E-state index is 0.00307. The van der Waals surface area contributed by atoms with Crippen LogP contribution in [0.2, 0.25) is 0 Å². The summed E-state index contributed by atoms with van der Waals surface area (Å²) in [5, 5.41) is 9.04. The standard InChI is InChI=1S/C37H76O12/c1-13-14-15-39-28(3)17-41-30(5)19-43-32(7)21-45-34(9)23-47-36(11)25-49-37(12)26-48-35(10)24-46-33(8)22-44-31(6)20-42-29(4)18-40-27(2)16-38/h27-38H,13-26H2,1-12H3. The molecular formula is C37H76O12. The Kier molecular flexibility index (Phi) is 30.8. The van der Waals surface area contributed by atoms with Crippen molar-refractivity contribution in [2.75, 3.05) is 79.3 Å². The Morgan fingerprint density at radius 1 is 0.306 bits per heavy atom. The number of hydrogen-bond donors (Lipinski definition) is 1. The summed E-state index contributed by atoms with van der Waals surface area (Å²) in [6, 6.07) is 0. The molecule has 0 heterocycles. The van der Waals surface area contributed by atoms with Crippen molar-refractivity contribution < 1.29 is 57.2 Å². The Morgan fingerprint density at radius 3 is 0.673 bits per heavy atom. The van der Waals surface area contributed by atoms with Crippen LogP contribution in [-0.4, -0.2) is 152 Å². The molecule has 296 valence electrons. The number of hydrogen-bond acceptors (Lipinski definition) is 12. The zero-order valence-corrected chi connectivity index (χ0v) is 33.2. The molecule has 0 aromatic carbocycles. The Hall–Kier alpha value is -0.480. The monoisotopic (exact) mass is 713 g/mol. The molecular weight excluding hydrogens is 636 g/mol. The molecule has 0 fully saturated rings. The van der Waals surface area contributed by atoms with E-state index in [-0.39, 0.29) is 73.8 Å². The molecule has 49 heavy (non-hydrogen) atoms. The van der Waals surface area contributed by atoms with E-state index in [1.54, 1.807) is 0 Å². The number of rotatable bonds is 35. The SMILES string of the molecule is CCCCOC(C)COC(C)COC(C)COC(C)COC(C)COC(C)COC(C)COC(C)COC(C)COC(C)COC(C)CO. The van der Waals surface area contributed by atoms with Gasteiger partial charge in [-0.05, 0) is 82.6 Å². The van der Waals surface area contributed by atoms with Crippen LogP contribution >= 0.6 is 0 Å². The average Bonchev–Trinajstić information content (AvgIpc) is 3.08. The zero-order chi connectivity index (χ0) is 37.0. The van der Waals surface area contributed by atoms with Crippen molar-refractivity contribution in [1.82, 2.24) is 0 Å². The number of unbranched alkanes of at least 4 members (excludes halogenated alkanes) is 1. The van der Waals surface area contributed by atoms with E-state index < -0.39 is 0 Å². The number of ether oxygens (including phenoxy) is 11.